The van der Waals surface area contributed by atoms with Gasteiger partial charge in [-0.1, -0.05) is 12.2 Å². The normalized spacial score (nSPS) is 33.2. The minimum absolute atomic E-state index is 0.336. The Bertz CT molecular complexity index is 770. The van der Waals surface area contributed by atoms with Crippen molar-refractivity contribution in [3.05, 3.63) is 36.4 Å². The number of hydrogen-bond acceptors (Lipinski definition) is 6. The summed E-state index contributed by atoms with van der Waals surface area (Å²) in [6, 6.07) is 6.15. The average molecular weight is 329 g/mol. The number of carbonyl (C=O) groups excluding carboxylic acids is 3. The van der Waals surface area contributed by atoms with Crippen molar-refractivity contribution in [3.8, 4) is 5.75 Å². The number of hydrogen-bond donors (Lipinski definition) is 1. The molecular formula is C17H15NO6. The number of imide groups is 1. The van der Waals surface area contributed by atoms with Gasteiger partial charge in [-0.25, -0.2) is 4.90 Å². The zero-order chi connectivity index (χ0) is 17.1. The molecule has 1 aromatic rings. The van der Waals surface area contributed by atoms with Crippen LogP contribution in [0.15, 0.2) is 36.4 Å². The SMILES string of the molecule is CC(=O)Oc1ccc(N2C(=O)[C@H]3[C@@H](C2=O)[C@]2(CO)C=C[C@H]3O2)cc1. The summed E-state index contributed by atoms with van der Waals surface area (Å²) in [4.78, 5) is 37.6. The minimum Gasteiger partial charge on any atom is -0.427 e. The Morgan fingerprint density at radius 2 is 2.00 bits per heavy atom. The van der Waals surface area contributed by atoms with Crippen LogP contribution in [0, 0.1) is 11.8 Å². The molecule has 0 aliphatic carbocycles. The van der Waals surface area contributed by atoms with E-state index in [0.29, 0.717) is 11.4 Å². The lowest BCUT2D eigenvalue weighted by Crippen LogP contribution is -2.43. The van der Waals surface area contributed by atoms with Crippen molar-refractivity contribution in [1.82, 2.24) is 0 Å². The van der Waals surface area contributed by atoms with Gasteiger partial charge in [0.1, 0.15) is 11.4 Å². The number of ether oxygens (including phenoxy) is 2. The number of aliphatic hydroxyl groups excluding tert-OH is 1. The molecule has 3 aliphatic rings. The van der Waals surface area contributed by atoms with Gasteiger partial charge in [-0.05, 0) is 24.3 Å². The van der Waals surface area contributed by atoms with Crippen LogP contribution >= 0.6 is 0 Å². The molecule has 3 aliphatic heterocycles. The molecule has 7 heteroatoms. The molecule has 0 aromatic heterocycles. The second-order valence-corrected chi connectivity index (χ2v) is 6.16. The van der Waals surface area contributed by atoms with Crippen LogP contribution in [0.1, 0.15) is 6.92 Å². The summed E-state index contributed by atoms with van der Waals surface area (Å²) in [5.74, 6) is -2.15. The molecule has 2 amide bonds. The molecular weight excluding hydrogens is 314 g/mol. The number of amides is 2. The van der Waals surface area contributed by atoms with Crippen LogP contribution in [0.4, 0.5) is 5.69 Å². The van der Waals surface area contributed by atoms with Crippen LogP contribution in [-0.4, -0.2) is 41.2 Å². The molecule has 0 radical (unpaired) electrons. The van der Waals surface area contributed by atoms with E-state index >= 15 is 0 Å². The predicted molar refractivity (Wildman–Crippen MR) is 81.1 cm³/mol. The first-order valence-electron chi connectivity index (χ1n) is 7.61. The van der Waals surface area contributed by atoms with E-state index in [0.717, 1.165) is 4.90 Å². The van der Waals surface area contributed by atoms with Crippen molar-refractivity contribution < 1.29 is 29.0 Å². The van der Waals surface area contributed by atoms with Crippen molar-refractivity contribution in [2.45, 2.75) is 18.6 Å². The molecule has 7 nitrogen and oxygen atoms in total. The highest BCUT2D eigenvalue weighted by Crippen LogP contribution is 2.52. The summed E-state index contributed by atoms with van der Waals surface area (Å²) < 4.78 is 10.6. The van der Waals surface area contributed by atoms with E-state index in [1.54, 1.807) is 24.3 Å². The van der Waals surface area contributed by atoms with Crippen molar-refractivity contribution in [3.63, 3.8) is 0 Å². The molecule has 24 heavy (non-hydrogen) atoms. The highest BCUT2D eigenvalue weighted by atomic mass is 16.5. The van der Waals surface area contributed by atoms with Crippen LogP contribution in [0.25, 0.3) is 0 Å². The topological polar surface area (TPSA) is 93.1 Å². The van der Waals surface area contributed by atoms with E-state index in [2.05, 4.69) is 0 Å². The zero-order valence-corrected chi connectivity index (χ0v) is 12.8. The van der Waals surface area contributed by atoms with Crippen LogP contribution in [-0.2, 0) is 19.1 Å². The van der Waals surface area contributed by atoms with E-state index in [9.17, 15) is 19.5 Å². The quantitative estimate of drug-likeness (QED) is 0.374. The third kappa shape index (κ3) is 1.88. The molecule has 0 spiro atoms. The number of rotatable bonds is 3. The third-order valence-electron chi connectivity index (χ3n) is 4.76. The van der Waals surface area contributed by atoms with Gasteiger partial charge in [0, 0.05) is 6.92 Å². The highest BCUT2D eigenvalue weighted by Gasteiger charge is 2.67. The molecule has 2 saturated heterocycles. The largest absolute Gasteiger partial charge is 0.427 e. The van der Waals surface area contributed by atoms with Crippen molar-refractivity contribution in [1.29, 1.82) is 0 Å². The summed E-state index contributed by atoms with van der Waals surface area (Å²) in [6.07, 6.45) is 2.93. The van der Waals surface area contributed by atoms with Gasteiger partial charge >= 0.3 is 5.97 Å². The van der Waals surface area contributed by atoms with E-state index in [1.807, 2.05) is 0 Å². The fraction of sp³-hybridized carbons (Fsp3) is 0.353. The van der Waals surface area contributed by atoms with Crippen molar-refractivity contribution >= 4 is 23.5 Å². The van der Waals surface area contributed by atoms with Gasteiger partial charge in [-0.2, -0.15) is 0 Å². The smallest absolute Gasteiger partial charge is 0.308 e. The third-order valence-corrected chi connectivity index (χ3v) is 4.76. The Labute approximate surface area is 137 Å². The number of esters is 1. The predicted octanol–water partition coefficient (Wildman–Crippen LogP) is 0.417. The molecule has 1 aromatic carbocycles. The van der Waals surface area contributed by atoms with E-state index in [4.69, 9.17) is 9.47 Å². The number of anilines is 1. The van der Waals surface area contributed by atoms with Gasteiger partial charge < -0.3 is 14.6 Å². The lowest BCUT2D eigenvalue weighted by atomic mass is 9.77. The van der Waals surface area contributed by atoms with Crippen LogP contribution in [0.3, 0.4) is 0 Å². The maximum absolute atomic E-state index is 12.8. The molecule has 0 saturated carbocycles. The minimum atomic E-state index is -1.10. The monoisotopic (exact) mass is 329 g/mol. The van der Waals surface area contributed by atoms with Gasteiger partial charge in [-0.3, -0.25) is 14.4 Å². The first-order chi connectivity index (χ1) is 11.5. The molecule has 4 atom stereocenters. The van der Waals surface area contributed by atoms with Crippen molar-refractivity contribution in [2.75, 3.05) is 11.5 Å². The Morgan fingerprint density at radius 1 is 1.29 bits per heavy atom. The first kappa shape index (κ1) is 15.0. The summed E-state index contributed by atoms with van der Waals surface area (Å²) in [7, 11) is 0. The summed E-state index contributed by atoms with van der Waals surface area (Å²) in [5.41, 5.74) is -0.697. The Balaban J connectivity index is 1.65. The number of benzene rings is 1. The summed E-state index contributed by atoms with van der Waals surface area (Å²) >= 11 is 0. The second-order valence-electron chi connectivity index (χ2n) is 6.16. The maximum Gasteiger partial charge on any atom is 0.308 e. The lowest BCUT2D eigenvalue weighted by Gasteiger charge is -2.26. The molecule has 4 rings (SSSR count). The molecule has 2 bridgehead atoms. The Morgan fingerprint density at radius 3 is 2.62 bits per heavy atom. The molecule has 2 fully saturated rings. The number of aliphatic hydroxyl groups is 1. The van der Waals surface area contributed by atoms with Crippen LogP contribution in [0.5, 0.6) is 5.75 Å². The molecule has 124 valence electrons. The Hall–Kier alpha value is -2.51. The van der Waals surface area contributed by atoms with Gasteiger partial charge in [0.05, 0.1) is 30.2 Å². The van der Waals surface area contributed by atoms with Gasteiger partial charge in [0.15, 0.2) is 0 Å². The van der Waals surface area contributed by atoms with Gasteiger partial charge in [-0.15, -0.1) is 0 Å². The standard InChI is InChI=1S/C17H15NO6/c1-9(20)23-11-4-2-10(3-5-11)18-15(21)13-12-6-7-17(8-19,24-12)14(13)16(18)22/h2-7,12-14,19H,8H2,1H3/t12-,13-,14+,17-/m1/s1. The van der Waals surface area contributed by atoms with Crippen LogP contribution in [0.2, 0.25) is 0 Å². The second kappa shape index (κ2) is 4.99. The summed E-state index contributed by atoms with van der Waals surface area (Å²) in [5, 5.41) is 9.66. The maximum atomic E-state index is 12.8. The molecule has 0 unspecified atom stereocenters. The fourth-order valence-electron chi connectivity index (χ4n) is 3.77. The number of carbonyl (C=O) groups is 3. The number of fused-ring (bicyclic) bond motifs is 5. The van der Waals surface area contributed by atoms with E-state index in [1.165, 1.54) is 19.1 Å². The van der Waals surface area contributed by atoms with E-state index in [-0.39, 0.29) is 18.4 Å². The Kier molecular flexibility index (Phi) is 3.13. The lowest BCUT2D eigenvalue weighted by molar-refractivity contribution is -0.132. The highest BCUT2D eigenvalue weighted by molar-refractivity contribution is 6.23. The summed E-state index contributed by atoms with van der Waals surface area (Å²) in [6.45, 7) is 0.944. The van der Waals surface area contributed by atoms with Gasteiger partial charge in [0.25, 0.3) is 0 Å². The molecule has 3 heterocycles. The first-order valence-corrected chi connectivity index (χ1v) is 7.61. The van der Waals surface area contributed by atoms with Crippen molar-refractivity contribution in [2.24, 2.45) is 11.8 Å². The fourth-order valence-corrected chi connectivity index (χ4v) is 3.77. The van der Waals surface area contributed by atoms with E-state index < -0.39 is 29.5 Å². The number of nitrogens with zero attached hydrogens (tertiary/aromatic N) is 1. The van der Waals surface area contributed by atoms with Crippen LogP contribution < -0.4 is 9.64 Å². The van der Waals surface area contributed by atoms with Gasteiger partial charge in [0.2, 0.25) is 11.8 Å². The average Bonchev–Trinajstić information content (AvgIpc) is 3.19. The molecule has 1 N–H and O–H groups in total. The zero-order valence-electron chi connectivity index (χ0n) is 12.8.